The Morgan fingerprint density at radius 1 is 0.950 bits per heavy atom. The molecule has 1 aromatic heterocycles. The van der Waals surface area contributed by atoms with Crippen LogP contribution < -0.4 is 9.62 Å². The summed E-state index contributed by atoms with van der Waals surface area (Å²) in [5.74, 6) is 0.622. The summed E-state index contributed by atoms with van der Waals surface area (Å²) in [4.78, 5) is 18.4. The minimum absolute atomic E-state index is 0.0990. The first-order valence-electron chi connectivity index (χ1n) is 13.7. The van der Waals surface area contributed by atoms with E-state index in [-0.39, 0.29) is 17.2 Å². The van der Waals surface area contributed by atoms with Crippen molar-refractivity contribution in [2.45, 2.75) is 62.9 Å². The van der Waals surface area contributed by atoms with Crippen molar-refractivity contribution in [3.63, 3.8) is 0 Å². The third-order valence-corrected chi connectivity index (χ3v) is 9.88. The minimum atomic E-state index is -3.71. The summed E-state index contributed by atoms with van der Waals surface area (Å²) < 4.78 is 27.9. The minimum Gasteiger partial charge on any atom is -0.370 e. The molecule has 0 radical (unpaired) electrons. The fraction of sp³-hybridized carbons (Fsp3) is 0.312. The molecule has 1 saturated carbocycles. The molecule has 0 spiro atoms. The second-order valence-electron chi connectivity index (χ2n) is 10.5. The topological polar surface area (TPSA) is 79.4 Å². The molecule has 0 atom stereocenters. The van der Waals surface area contributed by atoms with Crippen LogP contribution in [0.2, 0.25) is 0 Å². The number of hydrogen-bond donors (Lipinski definition) is 1. The van der Waals surface area contributed by atoms with E-state index in [1.165, 1.54) is 85.8 Å². The number of anilines is 1. The normalized spacial score (nSPS) is 14.2. The molecule has 1 aliphatic rings. The van der Waals surface area contributed by atoms with Crippen molar-refractivity contribution in [1.29, 1.82) is 0 Å². The van der Waals surface area contributed by atoms with Gasteiger partial charge < -0.3 is 4.90 Å². The smallest absolute Gasteiger partial charge is 0.240 e. The molecule has 8 heteroatoms. The highest BCUT2D eigenvalue weighted by molar-refractivity contribution is 7.89. The molecule has 0 aliphatic heterocycles. The number of nitrogens with one attached hydrogen (secondary N) is 1. The summed E-state index contributed by atoms with van der Waals surface area (Å²) in [5, 5.41) is 2.62. The summed E-state index contributed by atoms with van der Waals surface area (Å²) in [6.07, 6.45) is 6.72. The zero-order valence-electron chi connectivity index (χ0n) is 23.0. The lowest BCUT2D eigenvalue weighted by atomic mass is 9.84. The van der Waals surface area contributed by atoms with Gasteiger partial charge in [0.25, 0.3) is 0 Å². The SMILES string of the molecule is CC(=O)c1ccc(S(=O)(=O)NCc2nc(-c3ccc(N(C)Cc4ccc(C5CCCCC5)cc4)cc3)cs2)cc1. The van der Waals surface area contributed by atoms with Crippen molar-refractivity contribution < 1.29 is 13.2 Å². The van der Waals surface area contributed by atoms with Crippen LogP contribution in [0.1, 0.15) is 71.4 Å². The van der Waals surface area contributed by atoms with Gasteiger partial charge in [-0.25, -0.2) is 18.1 Å². The molecule has 4 aromatic rings. The Labute approximate surface area is 241 Å². The average Bonchev–Trinajstić information content (AvgIpc) is 3.46. The third-order valence-electron chi connectivity index (χ3n) is 7.62. The largest absolute Gasteiger partial charge is 0.370 e. The summed E-state index contributed by atoms with van der Waals surface area (Å²) in [7, 11) is -1.60. The summed E-state index contributed by atoms with van der Waals surface area (Å²) in [6, 6.07) is 23.4. The zero-order chi connectivity index (χ0) is 28.1. The molecule has 1 fully saturated rings. The number of ketones is 1. The van der Waals surface area contributed by atoms with Gasteiger partial charge in [0.2, 0.25) is 10.0 Å². The lowest BCUT2D eigenvalue weighted by molar-refractivity contribution is 0.101. The predicted octanol–water partition coefficient (Wildman–Crippen LogP) is 7.18. The van der Waals surface area contributed by atoms with Crippen molar-refractivity contribution in [2.75, 3.05) is 11.9 Å². The van der Waals surface area contributed by atoms with E-state index in [1.54, 1.807) is 0 Å². The molecule has 208 valence electrons. The standard InChI is InChI=1S/C32H35N3O3S2/c1-23(36)25-14-18-30(19-15-25)40(37,38)33-20-32-34-31(22-39-32)28-12-16-29(17-13-28)35(2)21-24-8-10-27(11-9-24)26-6-4-3-5-7-26/h8-19,22,26,33H,3-7,20-21H2,1-2H3. The molecule has 0 bridgehead atoms. The zero-order valence-corrected chi connectivity index (χ0v) is 24.6. The van der Waals surface area contributed by atoms with Gasteiger partial charge >= 0.3 is 0 Å². The first-order chi connectivity index (χ1) is 19.3. The Bertz CT molecular complexity index is 1540. The summed E-state index contributed by atoms with van der Waals surface area (Å²) in [6.45, 7) is 2.38. The molecule has 40 heavy (non-hydrogen) atoms. The summed E-state index contributed by atoms with van der Waals surface area (Å²) >= 11 is 1.42. The van der Waals surface area contributed by atoms with Crippen LogP contribution in [0.4, 0.5) is 5.69 Å². The quantitative estimate of drug-likeness (QED) is 0.203. The van der Waals surface area contributed by atoms with Crippen molar-refractivity contribution in [3.8, 4) is 11.3 Å². The Kier molecular flexibility index (Phi) is 8.78. The Balaban J connectivity index is 1.17. The maximum absolute atomic E-state index is 12.7. The monoisotopic (exact) mass is 573 g/mol. The molecular weight excluding hydrogens is 539 g/mol. The van der Waals surface area contributed by atoms with E-state index in [1.807, 2.05) is 5.38 Å². The van der Waals surface area contributed by atoms with E-state index in [9.17, 15) is 13.2 Å². The number of carbonyl (C=O) groups is 1. The lowest BCUT2D eigenvalue weighted by Crippen LogP contribution is -2.23. The number of nitrogens with zero attached hydrogens (tertiary/aromatic N) is 2. The molecule has 0 unspecified atom stereocenters. The van der Waals surface area contributed by atoms with Crippen LogP contribution in [0.15, 0.2) is 83.1 Å². The fourth-order valence-electron chi connectivity index (χ4n) is 5.22. The maximum Gasteiger partial charge on any atom is 0.240 e. The molecular formula is C32H35N3O3S2. The maximum atomic E-state index is 12.7. The van der Waals surface area contributed by atoms with Crippen LogP contribution in [0, 0.1) is 0 Å². The van der Waals surface area contributed by atoms with E-state index in [4.69, 9.17) is 0 Å². The third kappa shape index (κ3) is 6.86. The first-order valence-corrected chi connectivity index (χ1v) is 16.1. The molecule has 1 heterocycles. The van der Waals surface area contributed by atoms with E-state index in [0.717, 1.165) is 29.4 Å². The van der Waals surface area contributed by atoms with Crippen LogP contribution in [0.3, 0.4) is 0 Å². The number of hydrogen-bond acceptors (Lipinski definition) is 6. The van der Waals surface area contributed by atoms with Crippen LogP contribution in [0.25, 0.3) is 11.3 Å². The number of carbonyl (C=O) groups excluding carboxylic acids is 1. The summed E-state index contributed by atoms with van der Waals surface area (Å²) in [5.41, 5.74) is 6.18. The highest BCUT2D eigenvalue weighted by atomic mass is 32.2. The molecule has 1 N–H and O–H groups in total. The van der Waals surface area contributed by atoms with Gasteiger partial charge in [-0.2, -0.15) is 0 Å². The van der Waals surface area contributed by atoms with Gasteiger partial charge in [-0.1, -0.05) is 67.8 Å². The van der Waals surface area contributed by atoms with Crippen LogP contribution in [-0.4, -0.2) is 26.2 Å². The van der Waals surface area contributed by atoms with Gasteiger partial charge in [0, 0.05) is 35.8 Å². The van der Waals surface area contributed by atoms with Crippen LogP contribution in [-0.2, 0) is 23.1 Å². The lowest BCUT2D eigenvalue weighted by Gasteiger charge is -2.23. The number of sulfonamides is 1. The molecule has 1 aliphatic carbocycles. The van der Waals surface area contributed by atoms with E-state index >= 15 is 0 Å². The number of Topliss-reactive ketones (excluding diaryl/α,β-unsaturated/α-hetero) is 1. The molecule has 0 amide bonds. The fourth-order valence-corrected chi connectivity index (χ4v) is 7.04. The Morgan fingerprint density at radius 3 is 2.27 bits per heavy atom. The first kappa shape index (κ1) is 28.2. The van der Waals surface area contributed by atoms with Crippen molar-refractivity contribution in [1.82, 2.24) is 9.71 Å². The van der Waals surface area contributed by atoms with Crippen molar-refractivity contribution in [2.24, 2.45) is 0 Å². The van der Waals surface area contributed by atoms with Crippen molar-refractivity contribution in [3.05, 3.63) is 99.9 Å². The Morgan fingerprint density at radius 2 is 1.62 bits per heavy atom. The molecule has 3 aromatic carbocycles. The van der Waals surface area contributed by atoms with Gasteiger partial charge in [-0.3, -0.25) is 4.79 Å². The number of aromatic nitrogens is 1. The predicted molar refractivity (Wildman–Crippen MR) is 162 cm³/mol. The second kappa shape index (κ2) is 12.5. The highest BCUT2D eigenvalue weighted by Crippen LogP contribution is 2.33. The van der Waals surface area contributed by atoms with Gasteiger partial charge in [-0.05, 0) is 61.1 Å². The van der Waals surface area contributed by atoms with Crippen LogP contribution in [0.5, 0.6) is 0 Å². The van der Waals surface area contributed by atoms with E-state index in [0.29, 0.717) is 10.6 Å². The van der Waals surface area contributed by atoms with Gasteiger partial charge in [0.05, 0.1) is 17.1 Å². The van der Waals surface area contributed by atoms with Crippen molar-refractivity contribution >= 4 is 32.8 Å². The number of benzene rings is 3. The molecule has 0 saturated heterocycles. The second-order valence-corrected chi connectivity index (χ2v) is 13.2. The number of rotatable bonds is 10. The molecule has 5 rings (SSSR count). The number of thiazole rings is 1. The van der Waals surface area contributed by atoms with Gasteiger partial charge in [0.15, 0.2) is 5.78 Å². The van der Waals surface area contributed by atoms with Gasteiger partial charge in [0.1, 0.15) is 5.01 Å². The van der Waals surface area contributed by atoms with Gasteiger partial charge in [-0.15, -0.1) is 11.3 Å². The highest BCUT2D eigenvalue weighted by Gasteiger charge is 2.17. The van der Waals surface area contributed by atoms with Crippen LogP contribution >= 0.6 is 11.3 Å². The average molecular weight is 574 g/mol. The molecule has 6 nitrogen and oxygen atoms in total. The Hall–Kier alpha value is -3.33. The van der Waals surface area contributed by atoms with E-state index in [2.05, 4.69) is 70.2 Å². The van der Waals surface area contributed by atoms with E-state index < -0.39 is 10.0 Å².